The molecule has 6 heteroatoms. The third kappa shape index (κ3) is 6.84. The van der Waals surface area contributed by atoms with Gasteiger partial charge in [-0.15, -0.1) is 0 Å². The number of alkyl carbamates (subject to hydrolysis) is 1. The highest BCUT2D eigenvalue weighted by Crippen LogP contribution is 2.21. The van der Waals surface area contributed by atoms with E-state index in [0.29, 0.717) is 12.8 Å². The summed E-state index contributed by atoms with van der Waals surface area (Å²) in [6, 6.07) is 19.0. The Morgan fingerprint density at radius 1 is 1.00 bits per heavy atom. The molecule has 0 unspecified atom stereocenters. The van der Waals surface area contributed by atoms with Crippen molar-refractivity contribution in [2.75, 3.05) is 0 Å². The average Bonchev–Trinajstić information content (AvgIpc) is 2.75. The van der Waals surface area contributed by atoms with Crippen LogP contribution in [0.1, 0.15) is 43.2 Å². The van der Waals surface area contributed by atoms with Crippen molar-refractivity contribution in [3.8, 4) is 0 Å². The standard InChI is InChI=1S/C23H28N4O2/c24-27-26-22(17-19-12-6-2-7-13-19)21(16-18-10-4-1-5-11-18)25-23(28)29-20-14-8-3-9-15-20/h1-2,4-7,10-13,20-22H,3,8-9,14-17H2,(H,25,28)/t21-,22-/m0/s1. The van der Waals surface area contributed by atoms with Crippen LogP contribution in [0.4, 0.5) is 4.79 Å². The summed E-state index contributed by atoms with van der Waals surface area (Å²) in [6.45, 7) is 0. The highest BCUT2D eigenvalue weighted by Gasteiger charge is 2.26. The van der Waals surface area contributed by atoms with Gasteiger partial charge in [-0.1, -0.05) is 72.2 Å². The molecule has 29 heavy (non-hydrogen) atoms. The monoisotopic (exact) mass is 392 g/mol. The van der Waals surface area contributed by atoms with Gasteiger partial charge in [0.25, 0.3) is 0 Å². The molecule has 0 radical (unpaired) electrons. The quantitative estimate of drug-likeness (QED) is 0.361. The minimum atomic E-state index is -0.427. The van der Waals surface area contributed by atoms with Gasteiger partial charge in [-0.05, 0) is 55.2 Å². The molecule has 1 N–H and O–H groups in total. The van der Waals surface area contributed by atoms with Gasteiger partial charge in [-0.2, -0.15) is 0 Å². The largest absolute Gasteiger partial charge is 0.446 e. The Balaban J connectivity index is 1.74. The highest BCUT2D eigenvalue weighted by atomic mass is 16.6. The molecule has 1 saturated carbocycles. The number of ether oxygens (including phenoxy) is 1. The Morgan fingerprint density at radius 2 is 1.59 bits per heavy atom. The van der Waals surface area contributed by atoms with Crippen molar-refractivity contribution in [3.05, 3.63) is 82.2 Å². The first-order chi connectivity index (χ1) is 14.2. The lowest BCUT2D eigenvalue weighted by atomic mass is 9.94. The molecule has 1 fully saturated rings. The van der Waals surface area contributed by atoms with Gasteiger partial charge in [0, 0.05) is 11.0 Å². The number of benzene rings is 2. The molecule has 3 rings (SSSR count). The smallest absolute Gasteiger partial charge is 0.407 e. The SMILES string of the molecule is [N-]=[N+]=N[C@@H](Cc1ccccc1)[C@H](Cc1ccccc1)NC(=O)OC1CCCCC1. The molecule has 1 aliphatic rings. The molecule has 1 aliphatic carbocycles. The van der Waals surface area contributed by atoms with Crippen LogP contribution in [0.25, 0.3) is 10.4 Å². The summed E-state index contributed by atoms with van der Waals surface area (Å²) in [6.07, 6.45) is 5.90. The number of carbonyl (C=O) groups is 1. The first-order valence-corrected chi connectivity index (χ1v) is 10.3. The normalized spacial score (nSPS) is 16.3. The molecule has 0 saturated heterocycles. The van der Waals surface area contributed by atoms with Crippen molar-refractivity contribution in [3.63, 3.8) is 0 Å². The maximum absolute atomic E-state index is 12.6. The summed E-state index contributed by atoms with van der Waals surface area (Å²) in [4.78, 5) is 15.7. The summed E-state index contributed by atoms with van der Waals surface area (Å²) in [5.41, 5.74) is 11.3. The molecule has 0 heterocycles. The fraction of sp³-hybridized carbons (Fsp3) is 0.435. The summed E-state index contributed by atoms with van der Waals surface area (Å²) >= 11 is 0. The third-order valence-corrected chi connectivity index (χ3v) is 5.38. The number of azide groups is 1. The van der Waals surface area contributed by atoms with Crippen LogP contribution in [-0.2, 0) is 17.6 Å². The van der Waals surface area contributed by atoms with Crippen molar-refractivity contribution in [2.24, 2.45) is 5.11 Å². The van der Waals surface area contributed by atoms with E-state index < -0.39 is 12.1 Å². The van der Waals surface area contributed by atoms with Crippen molar-refractivity contribution >= 4 is 6.09 Å². The second-order valence-electron chi connectivity index (χ2n) is 7.57. The Hall–Kier alpha value is -2.98. The molecule has 2 atom stereocenters. The Bertz CT molecular complexity index is 800. The van der Waals surface area contributed by atoms with E-state index in [0.717, 1.165) is 36.8 Å². The van der Waals surface area contributed by atoms with Gasteiger partial charge < -0.3 is 10.1 Å². The van der Waals surface area contributed by atoms with Crippen LogP contribution in [0.15, 0.2) is 65.8 Å². The molecule has 0 aromatic heterocycles. The van der Waals surface area contributed by atoms with Crippen molar-refractivity contribution in [1.82, 2.24) is 5.32 Å². The lowest BCUT2D eigenvalue weighted by Gasteiger charge is -2.27. The maximum Gasteiger partial charge on any atom is 0.407 e. The first-order valence-electron chi connectivity index (χ1n) is 10.3. The van der Waals surface area contributed by atoms with E-state index in [9.17, 15) is 4.79 Å². The van der Waals surface area contributed by atoms with Crippen molar-refractivity contribution < 1.29 is 9.53 Å². The molecular formula is C23H28N4O2. The van der Waals surface area contributed by atoms with Gasteiger partial charge in [0.05, 0.1) is 6.04 Å². The first kappa shape index (κ1) is 20.7. The fourth-order valence-corrected chi connectivity index (χ4v) is 3.86. The van der Waals surface area contributed by atoms with Gasteiger partial charge in [0.2, 0.25) is 0 Å². The number of rotatable bonds is 8. The Morgan fingerprint density at radius 3 is 2.17 bits per heavy atom. The van der Waals surface area contributed by atoms with Crippen molar-refractivity contribution in [2.45, 2.75) is 63.1 Å². The van der Waals surface area contributed by atoms with Gasteiger partial charge in [-0.3, -0.25) is 0 Å². The predicted molar refractivity (Wildman–Crippen MR) is 114 cm³/mol. The van der Waals surface area contributed by atoms with E-state index in [1.165, 1.54) is 6.42 Å². The zero-order valence-corrected chi connectivity index (χ0v) is 16.6. The number of hydrogen-bond donors (Lipinski definition) is 1. The minimum Gasteiger partial charge on any atom is -0.446 e. The van der Waals surface area contributed by atoms with Crippen LogP contribution in [0.5, 0.6) is 0 Å². The molecule has 0 bridgehead atoms. The molecule has 6 nitrogen and oxygen atoms in total. The van der Waals surface area contributed by atoms with E-state index in [2.05, 4.69) is 15.3 Å². The van der Waals surface area contributed by atoms with E-state index >= 15 is 0 Å². The highest BCUT2D eigenvalue weighted by molar-refractivity contribution is 5.68. The molecule has 0 spiro atoms. The summed E-state index contributed by atoms with van der Waals surface area (Å²) < 4.78 is 5.65. The molecular weight excluding hydrogens is 364 g/mol. The van der Waals surface area contributed by atoms with Crippen LogP contribution in [0, 0.1) is 0 Å². The lowest BCUT2D eigenvalue weighted by Crippen LogP contribution is -2.46. The molecule has 2 aromatic carbocycles. The second-order valence-corrected chi connectivity index (χ2v) is 7.57. The van der Waals surface area contributed by atoms with Gasteiger partial charge in [-0.25, -0.2) is 4.79 Å². The summed E-state index contributed by atoms with van der Waals surface area (Å²) in [7, 11) is 0. The maximum atomic E-state index is 12.6. The summed E-state index contributed by atoms with van der Waals surface area (Å²) in [5.74, 6) is 0. The fourth-order valence-electron chi connectivity index (χ4n) is 3.86. The third-order valence-electron chi connectivity index (χ3n) is 5.38. The molecule has 152 valence electrons. The molecule has 1 amide bonds. The van der Waals surface area contributed by atoms with Gasteiger partial charge in [0.1, 0.15) is 6.10 Å². The number of hydrogen-bond acceptors (Lipinski definition) is 3. The van der Waals surface area contributed by atoms with E-state index in [1.807, 2.05) is 60.7 Å². The van der Waals surface area contributed by atoms with Gasteiger partial charge in [0.15, 0.2) is 0 Å². The number of amides is 1. The molecule has 0 aliphatic heterocycles. The number of nitrogens with zero attached hydrogens (tertiary/aromatic N) is 3. The minimum absolute atomic E-state index is 0.0202. The zero-order chi connectivity index (χ0) is 20.3. The average molecular weight is 393 g/mol. The lowest BCUT2D eigenvalue weighted by molar-refractivity contribution is 0.0720. The van der Waals surface area contributed by atoms with Crippen molar-refractivity contribution in [1.29, 1.82) is 0 Å². The number of carbonyl (C=O) groups excluding carboxylic acids is 1. The van der Waals surface area contributed by atoms with Crippen LogP contribution in [-0.4, -0.2) is 24.3 Å². The topological polar surface area (TPSA) is 87.1 Å². The molecule has 2 aromatic rings. The predicted octanol–water partition coefficient (Wildman–Crippen LogP) is 5.58. The van der Waals surface area contributed by atoms with Crippen LogP contribution < -0.4 is 5.32 Å². The Kier molecular flexibility index (Phi) is 7.96. The van der Waals surface area contributed by atoms with Crippen LogP contribution in [0.3, 0.4) is 0 Å². The summed E-state index contributed by atoms with van der Waals surface area (Å²) in [5, 5.41) is 7.02. The van der Waals surface area contributed by atoms with E-state index in [4.69, 9.17) is 10.3 Å². The zero-order valence-electron chi connectivity index (χ0n) is 16.6. The second kappa shape index (κ2) is 11.1. The van der Waals surface area contributed by atoms with Crippen LogP contribution in [0.2, 0.25) is 0 Å². The van der Waals surface area contributed by atoms with E-state index in [1.54, 1.807) is 0 Å². The van der Waals surface area contributed by atoms with Gasteiger partial charge >= 0.3 is 6.09 Å². The number of nitrogens with one attached hydrogen (secondary N) is 1. The van der Waals surface area contributed by atoms with Crippen LogP contribution >= 0.6 is 0 Å². The Labute approximate surface area is 171 Å². The van der Waals surface area contributed by atoms with E-state index in [-0.39, 0.29) is 12.1 Å².